The third-order valence-corrected chi connectivity index (χ3v) is 19.9. The summed E-state index contributed by atoms with van der Waals surface area (Å²) in [5.74, 6) is 0. The first-order valence-electron chi connectivity index (χ1n) is 12.5. The molecule has 0 radical (unpaired) electrons. The fourth-order valence-electron chi connectivity index (χ4n) is 5.17. The predicted octanol–water partition coefficient (Wildman–Crippen LogP) is 1.81. The van der Waals surface area contributed by atoms with E-state index in [0.29, 0.717) is 5.57 Å². The van der Waals surface area contributed by atoms with Gasteiger partial charge >= 0.3 is 222 Å². The Morgan fingerprint density at radius 1 is 0.622 bits per heavy atom. The van der Waals surface area contributed by atoms with Crippen molar-refractivity contribution in [3.63, 3.8) is 0 Å². The van der Waals surface area contributed by atoms with Gasteiger partial charge in [-0.1, -0.05) is 0 Å². The van der Waals surface area contributed by atoms with Crippen molar-refractivity contribution in [1.29, 1.82) is 0 Å². The van der Waals surface area contributed by atoms with Crippen molar-refractivity contribution in [2.24, 2.45) is 0 Å². The van der Waals surface area contributed by atoms with Crippen LogP contribution in [0, 0.1) is 0 Å². The van der Waals surface area contributed by atoms with Crippen molar-refractivity contribution in [2.75, 3.05) is 0 Å². The van der Waals surface area contributed by atoms with E-state index in [2.05, 4.69) is 46.0 Å². The van der Waals surface area contributed by atoms with Crippen LogP contribution in [0.2, 0.25) is 0 Å². The minimum atomic E-state index is -3.94. The number of benzene rings is 4. The molecular formula is C31H31NO4Sn. The molecule has 4 aromatic rings. The predicted molar refractivity (Wildman–Crippen MR) is 148 cm³/mol. The average molecular weight is 600 g/mol. The summed E-state index contributed by atoms with van der Waals surface area (Å²) in [4.78, 5) is 5.78. The molecule has 4 aromatic carbocycles. The third kappa shape index (κ3) is 5.29. The van der Waals surface area contributed by atoms with E-state index in [4.69, 9.17) is 4.84 Å². The molecule has 0 unspecified atom stereocenters. The van der Waals surface area contributed by atoms with Crippen LogP contribution in [0.5, 0.6) is 0 Å². The summed E-state index contributed by atoms with van der Waals surface area (Å²) < 4.78 is 5.79. The van der Waals surface area contributed by atoms with Crippen LogP contribution in [-0.2, 0) is 11.4 Å². The van der Waals surface area contributed by atoms with E-state index in [1.807, 2.05) is 84.9 Å². The molecule has 4 N–H and O–H groups in total. The van der Waals surface area contributed by atoms with Crippen LogP contribution in [0.15, 0.2) is 131 Å². The number of aliphatic hydroxyl groups excluding tert-OH is 3. The van der Waals surface area contributed by atoms with Gasteiger partial charge in [-0.25, -0.2) is 0 Å². The van der Waals surface area contributed by atoms with Crippen LogP contribution in [0.1, 0.15) is 5.56 Å². The maximum absolute atomic E-state index is 11.2. The Bertz CT molecular complexity index is 1210. The summed E-state index contributed by atoms with van der Waals surface area (Å²) in [6.45, 7) is 0.286. The Balaban J connectivity index is 1.63. The summed E-state index contributed by atoms with van der Waals surface area (Å²) in [5.41, 5.74) is 4.49. The summed E-state index contributed by atoms with van der Waals surface area (Å²) in [6.07, 6.45) is -3.77. The zero-order valence-electron chi connectivity index (χ0n) is 20.4. The van der Waals surface area contributed by atoms with Crippen molar-refractivity contribution in [1.82, 2.24) is 5.48 Å². The van der Waals surface area contributed by atoms with Gasteiger partial charge in [0.2, 0.25) is 0 Å². The average Bonchev–Trinajstić information content (AvgIpc) is 3.16. The van der Waals surface area contributed by atoms with Gasteiger partial charge in [-0.3, -0.25) is 0 Å². The second kappa shape index (κ2) is 11.7. The van der Waals surface area contributed by atoms with Crippen LogP contribution in [0.3, 0.4) is 0 Å². The molecule has 0 aromatic heterocycles. The Morgan fingerprint density at radius 3 is 1.51 bits per heavy atom. The van der Waals surface area contributed by atoms with Crippen LogP contribution >= 0.6 is 0 Å². The van der Waals surface area contributed by atoms with E-state index in [1.54, 1.807) is 0 Å². The molecule has 0 spiro atoms. The number of hydroxylamine groups is 1. The molecule has 5 nitrogen and oxygen atoms in total. The molecule has 37 heavy (non-hydrogen) atoms. The molecule has 1 fully saturated rings. The van der Waals surface area contributed by atoms with Gasteiger partial charge in [0.1, 0.15) is 0 Å². The quantitative estimate of drug-likeness (QED) is 0.184. The van der Waals surface area contributed by atoms with Gasteiger partial charge in [0.05, 0.1) is 0 Å². The molecule has 4 atom stereocenters. The number of hydrogen-bond donors (Lipinski definition) is 4. The zero-order chi connectivity index (χ0) is 25.7. The van der Waals surface area contributed by atoms with Gasteiger partial charge in [0.25, 0.3) is 0 Å². The van der Waals surface area contributed by atoms with Crippen molar-refractivity contribution < 1.29 is 20.2 Å². The van der Waals surface area contributed by atoms with Gasteiger partial charge < -0.3 is 0 Å². The van der Waals surface area contributed by atoms with E-state index in [9.17, 15) is 15.3 Å². The molecule has 5 rings (SSSR count). The van der Waals surface area contributed by atoms with Gasteiger partial charge in [-0.05, 0) is 0 Å². The summed E-state index contributed by atoms with van der Waals surface area (Å²) in [6, 6.07) is 40.1. The number of rotatable bonds is 8. The van der Waals surface area contributed by atoms with Crippen molar-refractivity contribution >= 4 is 29.1 Å². The number of aliphatic hydroxyl groups is 3. The fraction of sp³-hybridized carbons (Fsp3) is 0.161. The van der Waals surface area contributed by atoms with Gasteiger partial charge in [-0.15, -0.1) is 0 Å². The molecule has 188 valence electrons. The first-order chi connectivity index (χ1) is 18.1. The molecule has 1 saturated carbocycles. The van der Waals surface area contributed by atoms with Gasteiger partial charge in [0.15, 0.2) is 0 Å². The molecule has 0 bridgehead atoms. The first kappa shape index (κ1) is 25.9. The monoisotopic (exact) mass is 601 g/mol. The Hall–Kier alpha value is -2.78. The normalized spacial score (nSPS) is 22.8. The van der Waals surface area contributed by atoms with Crippen LogP contribution in [0.25, 0.3) is 0 Å². The summed E-state index contributed by atoms with van der Waals surface area (Å²) >= 11 is -3.94. The van der Waals surface area contributed by atoms with Crippen LogP contribution in [0.4, 0.5) is 0 Å². The second-order valence-electron chi connectivity index (χ2n) is 9.35. The Kier molecular flexibility index (Phi) is 8.20. The molecule has 0 amide bonds. The Morgan fingerprint density at radius 2 is 1.05 bits per heavy atom. The molecule has 1 aliphatic carbocycles. The minimum absolute atomic E-state index is 0.286. The molecule has 1 aliphatic rings. The molecule has 0 aliphatic heterocycles. The molecular weight excluding hydrogens is 569 g/mol. The molecule has 6 heteroatoms. The van der Waals surface area contributed by atoms with Crippen molar-refractivity contribution in [2.45, 2.75) is 31.0 Å². The standard InChI is InChI=1S/C13H16NO4.3C6H5.Sn/c1-8-10(12(16)13(17)11(8)15)14-18-7-9-5-3-2-4-6-9;3*1-2-4-6-5-3-1;/h1-6,10-17H,7H2;3*1-5H;/t10-,11-,12+,13-;;;;/m0..../s1. The van der Waals surface area contributed by atoms with Crippen LogP contribution < -0.4 is 16.2 Å². The number of hydrogen-bond acceptors (Lipinski definition) is 5. The van der Waals surface area contributed by atoms with E-state index in [1.165, 1.54) is 10.7 Å². The third-order valence-electron chi connectivity index (χ3n) is 7.08. The molecule has 0 saturated heterocycles. The number of nitrogens with one attached hydrogen (secondary N) is 1. The van der Waals surface area contributed by atoms with Gasteiger partial charge in [-0.2, -0.15) is 0 Å². The van der Waals surface area contributed by atoms with E-state index >= 15 is 0 Å². The summed E-state index contributed by atoms with van der Waals surface area (Å²) in [5, 5.41) is 32.8. The van der Waals surface area contributed by atoms with E-state index in [0.717, 1.165) is 5.56 Å². The van der Waals surface area contributed by atoms with Crippen LogP contribution in [-0.4, -0.2) is 58.1 Å². The summed E-state index contributed by atoms with van der Waals surface area (Å²) in [7, 11) is 0. The van der Waals surface area contributed by atoms with E-state index in [-0.39, 0.29) is 6.61 Å². The second-order valence-corrected chi connectivity index (χ2v) is 19.7. The van der Waals surface area contributed by atoms with Crippen molar-refractivity contribution in [3.8, 4) is 0 Å². The zero-order valence-corrected chi connectivity index (χ0v) is 23.2. The molecule has 0 heterocycles. The Labute approximate surface area is 221 Å². The maximum atomic E-state index is 11.2. The van der Waals surface area contributed by atoms with Crippen molar-refractivity contribution in [3.05, 3.63) is 137 Å². The van der Waals surface area contributed by atoms with Gasteiger partial charge in [0, 0.05) is 0 Å². The first-order valence-corrected chi connectivity index (χ1v) is 18.4. The SMILES string of the molecule is O[C@@H]1[C@H](O)[C@@H](NOCc2ccccc2)/C(=[CH]/[Sn]([c]2ccccc2)([c]2ccccc2)[c]2ccccc2)[C@@H]1O. The topological polar surface area (TPSA) is 82.0 Å². The van der Waals surface area contributed by atoms with E-state index < -0.39 is 42.7 Å². The fourth-order valence-corrected chi connectivity index (χ4v) is 18.0.